The number of benzene rings is 1. The molecular weight excluding hydrogens is 500 g/mol. The van der Waals surface area contributed by atoms with E-state index in [0.29, 0.717) is 12.4 Å². The molecule has 0 unspecified atom stereocenters. The molecular formula is C31H38N8O. The first-order chi connectivity index (χ1) is 19.3. The zero-order valence-electron chi connectivity index (χ0n) is 24.1. The molecule has 0 aliphatic heterocycles. The molecule has 1 N–H and O–H groups in total. The molecule has 1 aromatic carbocycles. The van der Waals surface area contributed by atoms with Crippen LogP contribution in [0.25, 0.3) is 28.3 Å². The van der Waals surface area contributed by atoms with Gasteiger partial charge >= 0.3 is 5.69 Å². The highest BCUT2D eigenvalue weighted by Crippen LogP contribution is 2.30. The van der Waals surface area contributed by atoms with E-state index in [4.69, 9.17) is 0 Å². The summed E-state index contributed by atoms with van der Waals surface area (Å²) < 4.78 is 6.02. The van der Waals surface area contributed by atoms with Crippen LogP contribution in [-0.4, -0.2) is 39.3 Å². The van der Waals surface area contributed by atoms with Gasteiger partial charge in [-0.2, -0.15) is 0 Å². The Balaban J connectivity index is 1.58. The van der Waals surface area contributed by atoms with Crippen molar-refractivity contribution in [2.24, 2.45) is 0 Å². The lowest BCUT2D eigenvalue weighted by atomic mass is 9.88. The first-order valence-electron chi connectivity index (χ1n) is 14.1. The van der Waals surface area contributed by atoms with Crippen LogP contribution in [0.3, 0.4) is 0 Å². The van der Waals surface area contributed by atoms with E-state index in [0.717, 1.165) is 66.0 Å². The smallest absolute Gasteiger partial charge is 0.334 e. The van der Waals surface area contributed by atoms with Gasteiger partial charge < -0.3 is 4.57 Å². The van der Waals surface area contributed by atoms with Crippen molar-refractivity contribution in [1.29, 1.82) is 0 Å². The molecule has 0 saturated heterocycles. The number of pyridine rings is 1. The van der Waals surface area contributed by atoms with Crippen molar-refractivity contribution in [2.45, 2.75) is 78.8 Å². The van der Waals surface area contributed by atoms with Crippen LogP contribution in [0.4, 0.5) is 0 Å². The second-order valence-electron chi connectivity index (χ2n) is 11.3. The largest absolute Gasteiger partial charge is 0.334 e. The van der Waals surface area contributed by atoms with E-state index < -0.39 is 0 Å². The Morgan fingerprint density at radius 1 is 0.975 bits per heavy atom. The first kappa shape index (κ1) is 27.3. The van der Waals surface area contributed by atoms with Gasteiger partial charge in [0, 0.05) is 48.2 Å². The molecule has 208 valence electrons. The van der Waals surface area contributed by atoms with Crippen LogP contribution < -0.4 is 5.69 Å². The first-order valence-corrected chi connectivity index (χ1v) is 14.1. The maximum atomic E-state index is 14.2. The second-order valence-corrected chi connectivity index (χ2v) is 11.3. The highest BCUT2D eigenvalue weighted by molar-refractivity contribution is 5.70. The van der Waals surface area contributed by atoms with E-state index in [1.165, 1.54) is 5.56 Å². The lowest BCUT2D eigenvalue weighted by Crippen LogP contribution is -2.28. The minimum Gasteiger partial charge on any atom is -0.334 e. The number of rotatable bonds is 10. The van der Waals surface area contributed by atoms with Crippen molar-refractivity contribution in [2.75, 3.05) is 0 Å². The predicted molar refractivity (Wildman–Crippen MR) is 158 cm³/mol. The fourth-order valence-electron chi connectivity index (χ4n) is 5.24. The van der Waals surface area contributed by atoms with Crippen molar-refractivity contribution < 1.29 is 0 Å². The fourth-order valence-corrected chi connectivity index (χ4v) is 5.24. The van der Waals surface area contributed by atoms with Gasteiger partial charge in [-0.3, -0.25) is 14.1 Å². The van der Waals surface area contributed by atoms with Gasteiger partial charge in [-0.1, -0.05) is 65.3 Å². The Hall–Kier alpha value is -4.27. The second kappa shape index (κ2) is 11.5. The van der Waals surface area contributed by atoms with Crippen LogP contribution in [0.5, 0.6) is 0 Å². The van der Waals surface area contributed by atoms with Gasteiger partial charge in [0.1, 0.15) is 5.82 Å². The summed E-state index contributed by atoms with van der Waals surface area (Å²) in [5, 5.41) is 14.1. The third-order valence-electron chi connectivity index (χ3n) is 7.33. The van der Waals surface area contributed by atoms with Gasteiger partial charge in [0.05, 0.1) is 6.54 Å². The van der Waals surface area contributed by atoms with Gasteiger partial charge in [0.2, 0.25) is 0 Å². The summed E-state index contributed by atoms with van der Waals surface area (Å²) in [4.78, 5) is 18.6. The van der Waals surface area contributed by atoms with Crippen molar-refractivity contribution in [3.8, 4) is 28.3 Å². The van der Waals surface area contributed by atoms with E-state index in [2.05, 4.69) is 95.4 Å². The number of aromatic amines is 1. The summed E-state index contributed by atoms with van der Waals surface area (Å²) >= 11 is 0. The van der Waals surface area contributed by atoms with E-state index in [1.54, 1.807) is 6.20 Å². The van der Waals surface area contributed by atoms with Crippen LogP contribution in [0.15, 0.2) is 66.0 Å². The molecule has 0 aliphatic rings. The Labute approximate surface area is 234 Å². The molecule has 4 aromatic heterocycles. The number of nitrogens with zero attached hydrogens (tertiary/aromatic N) is 7. The highest BCUT2D eigenvalue weighted by Gasteiger charge is 2.25. The Morgan fingerprint density at radius 3 is 2.42 bits per heavy atom. The summed E-state index contributed by atoms with van der Waals surface area (Å²) in [6, 6.07) is 12.3. The molecule has 0 amide bonds. The number of hydrogen-bond acceptors (Lipinski definition) is 5. The zero-order valence-corrected chi connectivity index (χ0v) is 24.1. The van der Waals surface area contributed by atoms with Gasteiger partial charge in [-0.25, -0.2) is 9.89 Å². The number of H-pyrrole nitrogens is 1. The van der Waals surface area contributed by atoms with Gasteiger partial charge in [0.15, 0.2) is 5.82 Å². The number of tetrazole rings is 1. The van der Waals surface area contributed by atoms with Crippen LogP contribution in [0.2, 0.25) is 0 Å². The summed E-state index contributed by atoms with van der Waals surface area (Å²) in [5.41, 5.74) is 6.09. The van der Waals surface area contributed by atoms with Crippen molar-refractivity contribution in [3.63, 3.8) is 0 Å². The van der Waals surface area contributed by atoms with Crippen LogP contribution in [-0.2, 0) is 24.9 Å². The van der Waals surface area contributed by atoms with E-state index in [1.807, 2.05) is 33.5 Å². The number of aromatic nitrogens is 8. The Bertz CT molecular complexity index is 1620. The Morgan fingerprint density at radius 2 is 1.75 bits per heavy atom. The molecule has 5 rings (SSSR count). The molecule has 0 radical (unpaired) electrons. The molecule has 0 saturated carbocycles. The minimum atomic E-state index is -0.0934. The molecule has 9 nitrogen and oxygen atoms in total. The van der Waals surface area contributed by atoms with Crippen molar-refractivity contribution in [1.82, 2.24) is 39.3 Å². The lowest BCUT2D eigenvalue weighted by Gasteiger charge is -2.21. The summed E-state index contributed by atoms with van der Waals surface area (Å²) in [7, 11) is 0. The predicted octanol–water partition coefficient (Wildman–Crippen LogP) is 5.78. The Kier molecular flexibility index (Phi) is 7.82. The SMILES string of the molecule is CCCCc1cn(-c2c(C(C)(C)C)ccn2CCC)c(=O)n1Cc1cnccc1-c1ccc(-c2nnn[nH]2)cc1. The fraction of sp³-hybridized carbons (Fsp3) is 0.387. The number of nitrogens with one attached hydrogen (secondary N) is 1. The third-order valence-corrected chi connectivity index (χ3v) is 7.33. The average molecular weight is 539 g/mol. The molecule has 5 aromatic rings. The van der Waals surface area contributed by atoms with E-state index in [9.17, 15) is 4.79 Å². The molecule has 0 atom stereocenters. The molecule has 0 fully saturated rings. The zero-order chi connectivity index (χ0) is 28.3. The van der Waals surface area contributed by atoms with Gasteiger partial charge in [0.25, 0.3) is 0 Å². The van der Waals surface area contributed by atoms with Crippen molar-refractivity contribution in [3.05, 3.63) is 88.5 Å². The summed E-state index contributed by atoms with van der Waals surface area (Å²) in [6.45, 7) is 12.3. The molecule has 4 heterocycles. The van der Waals surface area contributed by atoms with Crippen molar-refractivity contribution >= 4 is 0 Å². The van der Waals surface area contributed by atoms with Crippen LogP contribution >= 0.6 is 0 Å². The standard InChI is InChI=1S/C31H38N8O/c1-6-8-9-25-21-39(29-27(31(3,4)5)15-18-37(29)17-7-2)30(40)38(25)20-24-19-32-16-14-26(24)22-10-12-23(13-11-22)28-33-35-36-34-28/h10-16,18-19,21H,6-9,17,20H2,1-5H3,(H,33,34,35,36). The van der Waals surface area contributed by atoms with E-state index in [-0.39, 0.29) is 11.1 Å². The molecule has 0 aliphatic carbocycles. The normalized spacial score (nSPS) is 11.8. The number of hydrogen-bond donors (Lipinski definition) is 1. The van der Waals surface area contributed by atoms with Crippen LogP contribution in [0.1, 0.15) is 70.7 Å². The monoisotopic (exact) mass is 538 g/mol. The summed E-state index contributed by atoms with van der Waals surface area (Å²) in [6.07, 6.45) is 11.8. The number of imidazole rings is 1. The molecule has 9 heteroatoms. The number of aryl methyl sites for hydroxylation is 2. The third kappa shape index (κ3) is 5.41. The quantitative estimate of drug-likeness (QED) is 0.243. The lowest BCUT2D eigenvalue weighted by molar-refractivity contribution is 0.572. The summed E-state index contributed by atoms with van der Waals surface area (Å²) in [5.74, 6) is 1.59. The topological polar surface area (TPSA) is 99.2 Å². The number of unbranched alkanes of at least 4 members (excludes halogenated alkanes) is 1. The average Bonchev–Trinajstić information content (AvgIpc) is 3.69. The minimum absolute atomic E-state index is 0.0179. The van der Waals surface area contributed by atoms with E-state index >= 15 is 0 Å². The maximum Gasteiger partial charge on any atom is 0.334 e. The molecule has 40 heavy (non-hydrogen) atoms. The highest BCUT2D eigenvalue weighted by atomic mass is 16.1. The molecule has 0 spiro atoms. The van der Waals surface area contributed by atoms with Gasteiger partial charge in [-0.15, -0.1) is 5.10 Å². The van der Waals surface area contributed by atoms with Gasteiger partial charge in [-0.05, 0) is 63.9 Å². The molecule has 0 bridgehead atoms. The van der Waals surface area contributed by atoms with Crippen LogP contribution in [0, 0.1) is 0 Å². The maximum absolute atomic E-state index is 14.2.